The second-order valence-electron chi connectivity index (χ2n) is 3.07. The Bertz CT molecular complexity index is 535. The monoisotopic (exact) mass is 225 g/mol. The predicted molar refractivity (Wildman–Crippen MR) is 56.3 cm³/mol. The summed E-state index contributed by atoms with van der Waals surface area (Å²) in [6.07, 6.45) is 1.76. The van der Waals surface area contributed by atoms with Crippen molar-refractivity contribution < 1.29 is 12.8 Å². The molecule has 0 saturated heterocycles. The van der Waals surface area contributed by atoms with E-state index in [0.29, 0.717) is 17.7 Å². The van der Waals surface area contributed by atoms with Crippen molar-refractivity contribution in [3.8, 4) is 0 Å². The van der Waals surface area contributed by atoms with E-state index < -0.39 is 10.3 Å². The summed E-state index contributed by atoms with van der Waals surface area (Å²) < 4.78 is 34.3. The molecule has 0 unspecified atom stereocenters. The van der Waals surface area contributed by atoms with Crippen LogP contribution in [-0.2, 0) is 10.3 Å². The molecule has 3 nitrogen and oxygen atoms in total. The first-order valence-electron chi connectivity index (χ1n) is 4.35. The molecule has 1 aromatic rings. The number of benzene rings is 1. The van der Waals surface area contributed by atoms with Crippen molar-refractivity contribution in [2.24, 2.45) is 0 Å². The van der Waals surface area contributed by atoms with E-state index in [-0.39, 0.29) is 10.8 Å². The van der Waals surface area contributed by atoms with E-state index in [4.69, 9.17) is 0 Å². The van der Waals surface area contributed by atoms with Crippen LogP contribution in [0, 0.1) is 5.82 Å². The quantitative estimate of drug-likeness (QED) is 0.720. The maximum atomic E-state index is 12.7. The predicted octanol–water partition coefficient (Wildman–Crippen LogP) is 0.821. The Kier molecular flexibility index (Phi) is 2.66. The summed E-state index contributed by atoms with van der Waals surface area (Å²) in [5, 5.41) is 2.74. The van der Waals surface area contributed by atoms with Gasteiger partial charge in [-0.25, -0.2) is 4.39 Å². The summed E-state index contributed by atoms with van der Waals surface area (Å²) in [5.74, 6) is -0.338. The van der Waals surface area contributed by atoms with Gasteiger partial charge in [-0.05, 0) is 17.7 Å². The highest BCUT2D eigenvalue weighted by molar-refractivity contribution is 7.74. The third-order valence-electron chi connectivity index (χ3n) is 2.14. The van der Waals surface area contributed by atoms with Gasteiger partial charge >= 0.3 is 0 Å². The SMILES string of the molecule is O=S(=O)=C1NCC=C1c1ccc(F)cc1. The molecular weight excluding hydrogens is 217 g/mol. The number of rotatable bonds is 1. The summed E-state index contributed by atoms with van der Waals surface area (Å²) in [5.41, 5.74) is 1.30. The molecule has 78 valence electrons. The van der Waals surface area contributed by atoms with E-state index in [0.717, 1.165) is 0 Å². The molecule has 0 aliphatic carbocycles. The van der Waals surface area contributed by atoms with Crippen molar-refractivity contribution in [2.75, 3.05) is 6.54 Å². The van der Waals surface area contributed by atoms with Crippen molar-refractivity contribution >= 4 is 20.9 Å². The van der Waals surface area contributed by atoms with Crippen LogP contribution in [0.15, 0.2) is 30.3 Å². The Balaban J connectivity index is 2.49. The number of nitrogens with one attached hydrogen (secondary N) is 1. The second kappa shape index (κ2) is 3.96. The molecule has 1 heterocycles. The van der Waals surface area contributed by atoms with Crippen LogP contribution >= 0.6 is 0 Å². The molecule has 1 aliphatic rings. The van der Waals surface area contributed by atoms with Gasteiger partial charge in [-0.15, -0.1) is 0 Å². The first-order chi connectivity index (χ1) is 7.18. The Morgan fingerprint density at radius 2 is 1.87 bits per heavy atom. The average Bonchev–Trinajstić information content (AvgIpc) is 2.67. The van der Waals surface area contributed by atoms with Gasteiger partial charge in [-0.1, -0.05) is 18.2 Å². The van der Waals surface area contributed by atoms with Crippen LogP contribution in [0.4, 0.5) is 4.39 Å². The van der Waals surface area contributed by atoms with E-state index in [1.54, 1.807) is 18.2 Å². The highest BCUT2D eigenvalue weighted by Gasteiger charge is 2.15. The van der Waals surface area contributed by atoms with Crippen LogP contribution in [0.2, 0.25) is 0 Å². The van der Waals surface area contributed by atoms with Crippen LogP contribution in [0.3, 0.4) is 0 Å². The highest BCUT2D eigenvalue weighted by atomic mass is 32.2. The van der Waals surface area contributed by atoms with Crippen LogP contribution in [-0.4, -0.2) is 20.0 Å². The molecule has 1 aromatic carbocycles. The van der Waals surface area contributed by atoms with E-state index >= 15 is 0 Å². The molecule has 0 saturated carbocycles. The van der Waals surface area contributed by atoms with Crippen LogP contribution < -0.4 is 5.32 Å². The maximum absolute atomic E-state index is 12.7. The fourth-order valence-corrected chi connectivity index (χ4v) is 2.04. The van der Waals surface area contributed by atoms with Crippen LogP contribution in [0.25, 0.3) is 5.57 Å². The van der Waals surface area contributed by atoms with E-state index in [1.807, 2.05) is 0 Å². The topological polar surface area (TPSA) is 46.2 Å². The number of halogens is 1. The highest BCUT2D eigenvalue weighted by Crippen LogP contribution is 2.18. The van der Waals surface area contributed by atoms with Crippen molar-refractivity contribution in [1.29, 1.82) is 0 Å². The molecule has 5 heteroatoms. The third kappa shape index (κ3) is 1.98. The Hall–Kier alpha value is -1.46. The minimum atomic E-state index is -2.28. The third-order valence-corrected chi connectivity index (χ3v) is 2.83. The van der Waals surface area contributed by atoms with Gasteiger partial charge in [0.15, 0.2) is 0 Å². The number of hydrogen-bond acceptors (Lipinski definition) is 2. The van der Waals surface area contributed by atoms with Gasteiger partial charge in [0.25, 0.3) is 0 Å². The molecule has 0 atom stereocenters. The van der Waals surface area contributed by atoms with Gasteiger partial charge < -0.3 is 0 Å². The Labute approximate surface area is 87.8 Å². The molecule has 1 N–H and O–H groups in total. The van der Waals surface area contributed by atoms with Gasteiger partial charge in [-0.3, -0.25) is 5.32 Å². The summed E-state index contributed by atoms with van der Waals surface area (Å²) in [4.78, 5) is 0.168. The molecule has 0 radical (unpaired) electrons. The summed E-state index contributed by atoms with van der Waals surface area (Å²) in [7, 11) is -2.28. The van der Waals surface area contributed by atoms with E-state index in [1.165, 1.54) is 12.1 Å². The molecule has 1 aliphatic heterocycles. The van der Waals surface area contributed by atoms with Gasteiger partial charge in [0, 0.05) is 12.1 Å². The molecule has 0 aromatic heterocycles. The first kappa shape index (κ1) is 10.1. The molecule has 0 amide bonds. The smallest absolute Gasteiger partial charge is 0.233 e. The fourth-order valence-electron chi connectivity index (χ4n) is 1.46. The van der Waals surface area contributed by atoms with Gasteiger partial charge in [0.1, 0.15) is 10.8 Å². The lowest BCUT2D eigenvalue weighted by Crippen LogP contribution is -2.18. The van der Waals surface area contributed by atoms with Crippen LogP contribution in [0.5, 0.6) is 0 Å². The summed E-state index contributed by atoms with van der Waals surface area (Å²) >= 11 is 0. The van der Waals surface area contributed by atoms with E-state index in [9.17, 15) is 12.8 Å². The first-order valence-corrected chi connectivity index (χ1v) is 5.42. The molecule has 0 spiro atoms. The lowest BCUT2D eigenvalue weighted by Gasteiger charge is -2.01. The van der Waals surface area contributed by atoms with Gasteiger partial charge in [-0.2, -0.15) is 8.42 Å². The largest absolute Gasteiger partial charge is 0.271 e. The zero-order valence-corrected chi connectivity index (χ0v) is 8.51. The fraction of sp³-hybridized carbons (Fsp3) is 0.100. The van der Waals surface area contributed by atoms with E-state index in [2.05, 4.69) is 5.32 Å². The Morgan fingerprint density at radius 3 is 2.47 bits per heavy atom. The molecule has 2 rings (SSSR count). The van der Waals surface area contributed by atoms with Crippen molar-refractivity contribution in [1.82, 2.24) is 5.32 Å². The lowest BCUT2D eigenvalue weighted by atomic mass is 10.1. The van der Waals surface area contributed by atoms with Crippen molar-refractivity contribution in [3.05, 3.63) is 41.7 Å². The average molecular weight is 225 g/mol. The minimum absolute atomic E-state index is 0.168. The summed E-state index contributed by atoms with van der Waals surface area (Å²) in [6.45, 7) is 0.482. The second-order valence-corrected chi connectivity index (χ2v) is 3.95. The molecule has 15 heavy (non-hydrogen) atoms. The van der Waals surface area contributed by atoms with Gasteiger partial charge in [0.05, 0.1) is 0 Å². The minimum Gasteiger partial charge on any atom is -0.271 e. The molecular formula is C10H8FNO2S. The van der Waals surface area contributed by atoms with Crippen molar-refractivity contribution in [2.45, 2.75) is 0 Å². The maximum Gasteiger partial charge on any atom is 0.233 e. The summed E-state index contributed by atoms with van der Waals surface area (Å²) in [6, 6.07) is 5.72. The normalized spacial score (nSPS) is 15.3. The van der Waals surface area contributed by atoms with Crippen molar-refractivity contribution in [3.63, 3.8) is 0 Å². The zero-order chi connectivity index (χ0) is 10.8. The van der Waals surface area contributed by atoms with Gasteiger partial charge in [0.2, 0.25) is 10.3 Å². The Morgan fingerprint density at radius 1 is 1.20 bits per heavy atom. The standard InChI is InChI=1S/C10H8FNO2S/c11-8-3-1-7(2-4-8)9-5-6-12-10(9)15(13)14/h1-5,12H,6H2. The molecule has 0 bridgehead atoms. The van der Waals surface area contributed by atoms with Crippen LogP contribution in [0.1, 0.15) is 5.56 Å². The molecule has 0 fully saturated rings. The number of hydrogen-bond donors (Lipinski definition) is 1. The lowest BCUT2D eigenvalue weighted by molar-refractivity contribution is 0.626. The zero-order valence-electron chi connectivity index (χ0n) is 7.70.